The Morgan fingerprint density at radius 2 is 2.06 bits per heavy atom. The topological polar surface area (TPSA) is 24.5 Å². The van der Waals surface area contributed by atoms with Gasteiger partial charge in [-0.05, 0) is 30.8 Å². The molecule has 0 atom stereocenters. The predicted molar refractivity (Wildman–Crippen MR) is 73.5 cm³/mol. The van der Waals surface area contributed by atoms with Crippen LogP contribution in [0.15, 0.2) is 28.7 Å². The molecule has 0 aliphatic carbocycles. The average Bonchev–Trinajstić information content (AvgIpc) is 2.28. The molecular weight excluding hydrogens is 280 g/mol. The van der Waals surface area contributed by atoms with Crippen molar-refractivity contribution in [3.63, 3.8) is 0 Å². The van der Waals surface area contributed by atoms with E-state index in [0.29, 0.717) is 6.04 Å². The highest BCUT2D eigenvalue weighted by Gasteiger charge is 2.22. The number of benzene rings is 1. The van der Waals surface area contributed by atoms with Gasteiger partial charge in [0.2, 0.25) is 0 Å². The molecule has 0 spiro atoms. The summed E-state index contributed by atoms with van der Waals surface area (Å²) in [5.41, 5.74) is 0. The lowest BCUT2D eigenvalue weighted by molar-refractivity contribution is 0.128. The normalized spacial score (nSPS) is 15.9. The van der Waals surface area contributed by atoms with Gasteiger partial charge in [-0.15, -0.1) is 0 Å². The fraction of sp³-hybridized carbons (Fsp3) is 0.538. The Kier molecular flexibility index (Phi) is 4.83. The maximum absolute atomic E-state index is 5.73. The minimum absolute atomic E-state index is 0.702. The second-order valence-electron chi connectivity index (χ2n) is 4.24. The molecule has 1 aromatic rings. The molecule has 0 saturated carbocycles. The number of halogens is 1. The van der Waals surface area contributed by atoms with Crippen molar-refractivity contribution in [2.75, 3.05) is 32.8 Å². The molecule has 4 heteroatoms. The van der Waals surface area contributed by atoms with E-state index >= 15 is 0 Å². The van der Waals surface area contributed by atoms with Gasteiger partial charge in [-0.2, -0.15) is 0 Å². The Bertz CT molecular complexity index is 338. The van der Waals surface area contributed by atoms with Gasteiger partial charge in [0.25, 0.3) is 0 Å². The molecule has 1 aliphatic rings. The first-order valence-corrected chi connectivity index (χ1v) is 6.92. The van der Waals surface area contributed by atoms with Crippen LogP contribution in [-0.2, 0) is 0 Å². The molecule has 1 N–H and O–H groups in total. The van der Waals surface area contributed by atoms with Gasteiger partial charge in [0.05, 0.1) is 0 Å². The first-order valence-electron chi connectivity index (χ1n) is 6.12. The van der Waals surface area contributed by atoms with Crippen molar-refractivity contribution in [1.29, 1.82) is 0 Å². The van der Waals surface area contributed by atoms with E-state index in [4.69, 9.17) is 4.74 Å². The van der Waals surface area contributed by atoms with Crippen LogP contribution in [0, 0.1) is 0 Å². The molecule has 0 aromatic heterocycles. The molecule has 0 amide bonds. The van der Waals surface area contributed by atoms with Crippen molar-refractivity contribution in [1.82, 2.24) is 10.2 Å². The summed E-state index contributed by atoms with van der Waals surface area (Å²) in [6.07, 6.45) is 0. The molecule has 94 valence electrons. The molecule has 1 aromatic carbocycles. The first kappa shape index (κ1) is 12.9. The third-order valence-electron chi connectivity index (χ3n) is 3.14. The fourth-order valence-corrected chi connectivity index (χ4v) is 2.21. The van der Waals surface area contributed by atoms with E-state index in [0.717, 1.165) is 43.0 Å². The molecule has 0 unspecified atom stereocenters. The highest BCUT2D eigenvalue weighted by Crippen LogP contribution is 2.16. The second-order valence-corrected chi connectivity index (χ2v) is 5.16. The zero-order valence-electron chi connectivity index (χ0n) is 10.2. The summed E-state index contributed by atoms with van der Waals surface area (Å²) in [6, 6.07) is 8.69. The molecule has 1 saturated heterocycles. The van der Waals surface area contributed by atoms with E-state index in [9.17, 15) is 0 Å². The quantitative estimate of drug-likeness (QED) is 0.871. The number of rotatable bonds is 6. The van der Waals surface area contributed by atoms with Gasteiger partial charge >= 0.3 is 0 Å². The zero-order chi connectivity index (χ0) is 12.1. The van der Waals surface area contributed by atoms with Crippen molar-refractivity contribution in [3.05, 3.63) is 28.7 Å². The van der Waals surface area contributed by atoms with Crippen LogP contribution in [0.2, 0.25) is 0 Å². The lowest BCUT2D eigenvalue weighted by atomic mass is 10.1. The van der Waals surface area contributed by atoms with Gasteiger partial charge in [-0.3, -0.25) is 4.90 Å². The monoisotopic (exact) mass is 298 g/mol. The molecule has 3 nitrogen and oxygen atoms in total. The molecule has 1 aliphatic heterocycles. The Labute approximate surface area is 111 Å². The molecule has 17 heavy (non-hydrogen) atoms. The van der Waals surface area contributed by atoms with Crippen molar-refractivity contribution in [2.45, 2.75) is 13.0 Å². The number of ether oxygens (including phenoxy) is 1. The Morgan fingerprint density at radius 1 is 1.35 bits per heavy atom. The van der Waals surface area contributed by atoms with Gasteiger partial charge in [-0.1, -0.05) is 22.9 Å². The minimum atomic E-state index is 0.702. The maximum Gasteiger partial charge on any atom is 0.119 e. The molecule has 1 heterocycles. The van der Waals surface area contributed by atoms with Crippen molar-refractivity contribution in [3.8, 4) is 5.75 Å². The van der Waals surface area contributed by atoms with Crippen LogP contribution in [0.3, 0.4) is 0 Å². The summed E-state index contributed by atoms with van der Waals surface area (Å²) in [6.45, 7) is 7.29. The van der Waals surface area contributed by atoms with E-state index in [1.54, 1.807) is 0 Å². The van der Waals surface area contributed by atoms with Crippen LogP contribution in [0.1, 0.15) is 6.92 Å². The summed E-state index contributed by atoms with van der Waals surface area (Å²) in [4.78, 5) is 2.47. The fourth-order valence-electron chi connectivity index (χ4n) is 1.94. The number of hydrogen-bond donors (Lipinski definition) is 1. The van der Waals surface area contributed by atoms with E-state index in [-0.39, 0.29) is 0 Å². The van der Waals surface area contributed by atoms with E-state index in [2.05, 4.69) is 33.1 Å². The lowest BCUT2D eigenvalue weighted by Crippen LogP contribution is -2.57. The summed E-state index contributed by atoms with van der Waals surface area (Å²) >= 11 is 3.41. The minimum Gasteiger partial charge on any atom is -0.492 e. The van der Waals surface area contributed by atoms with Gasteiger partial charge in [0.15, 0.2) is 0 Å². The average molecular weight is 299 g/mol. The molecule has 2 rings (SSSR count). The van der Waals surface area contributed by atoms with Crippen LogP contribution in [0.25, 0.3) is 0 Å². The van der Waals surface area contributed by atoms with Crippen LogP contribution in [-0.4, -0.2) is 43.7 Å². The van der Waals surface area contributed by atoms with E-state index < -0.39 is 0 Å². The highest BCUT2D eigenvalue weighted by atomic mass is 79.9. The Balaban J connectivity index is 1.72. The second kappa shape index (κ2) is 6.38. The number of nitrogens with zero attached hydrogens (tertiary/aromatic N) is 1. The first-order chi connectivity index (χ1) is 8.29. The summed E-state index contributed by atoms with van der Waals surface area (Å²) in [7, 11) is 0. The van der Waals surface area contributed by atoms with Crippen LogP contribution >= 0.6 is 15.9 Å². The van der Waals surface area contributed by atoms with Crippen molar-refractivity contribution >= 4 is 15.9 Å². The van der Waals surface area contributed by atoms with Gasteiger partial charge in [0.1, 0.15) is 12.4 Å². The maximum atomic E-state index is 5.73. The Morgan fingerprint density at radius 3 is 2.59 bits per heavy atom. The zero-order valence-corrected chi connectivity index (χ0v) is 11.7. The van der Waals surface area contributed by atoms with Crippen LogP contribution < -0.4 is 10.1 Å². The van der Waals surface area contributed by atoms with Crippen molar-refractivity contribution < 1.29 is 4.74 Å². The number of likely N-dealkylation sites (N-methyl/N-ethyl adjacent to an activating group) is 1. The van der Waals surface area contributed by atoms with E-state index in [1.165, 1.54) is 0 Å². The summed E-state index contributed by atoms with van der Waals surface area (Å²) < 4.78 is 6.81. The van der Waals surface area contributed by atoms with Gasteiger partial charge < -0.3 is 10.1 Å². The number of hydrogen-bond acceptors (Lipinski definition) is 3. The molecular formula is C13H19BrN2O. The third-order valence-corrected chi connectivity index (χ3v) is 3.67. The smallest absolute Gasteiger partial charge is 0.119 e. The summed E-state index contributed by atoms with van der Waals surface area (Å²) in [5.74, 6) is 0.941. The standard InChI is InChI=1S/C13H19BrN2O/c1-2-16(12-9-15-10-12)7-8-17-13-5-3-11(14)4-6-13/h3-6,12,15H,2,7-10H2,1H3. The van der Waals surface area contributed by atoms with Gasteiger partial charge in [-0.25, -0.2) is 0 Å². The van der Waals surface area contributed by atoms with E-state index in [1.807, 2.05) is 24.3 Å². The van der Waals surface area contributed by atoms with Crippen LogP contribution in [0.5, 0.6) is 5.75 Å². The van der Waals surface area contributed by atoms with Crippen LogP contribution in [0.4, 0.5) is 0 Å². The van der Waals surface area contributed by atoms with Gasteiger partial charge in [0, 0.05) is 30.1 Å². The molecule has 0 radical (unpaired) electrons. The highest BCUT2D eigenvalue weighted by molar-refractivity contribution is 9.10. The molecule has 1 fully saturated rings. The van der Waals surface area contributed by atoms with Crippen molar-refractivity contribution in [2.24, 2.45) is 0 Å². The Hall–Kier alpha value is -0.580. The SMILES string of the molecule is CCN(CCOc1ccc(Br)cc1)C1CNC1. The lowest BCUT2D eigenvalue weighted by Gasteiger charge is -2.37. The largest absolute Gasteiger partial charge is 0.492 e. The number of nitrogens with one attached hydrogen (secondary N) is 1. The third kappa shape index (κ3) is 3.69. The summed E-state index contributed by atoms with van der Waals surface area (Å²) in [5, 5.41) is 3.30. The predicted octanol–water partition coefficient (Wildman–Crippen LogP) is 2.12. The molecule has 0 bridgehead atoms.